The van der Waals surface area contributed by atoms with Gasteiger partial charge in [-0.15, -0.1) is 0 Å². The van der Waals surface area contributed by atoms with Crippen molar-refractivity contribution in [2.45, 2.75) is 6.92 Å². The van der Waals surface area contributed by atoms with E-state index < -0.39 is 4.92 Å². The van der Waals surface area contributed by atoms with Gasteiger partial charge in [-0.3, -0.25) is 10.1 Å². The van der Waals surface area contributed by atoms with Gasteiger partial charge in [0.25, 0.3) is 5.69 Å². The Balaban J connectivity index is 2.68. The summed E-state index contributed by atoms with van der Waals surface area (Å²) in [5.74, 6) is 0.157. The molecule has 1 aromatic carbocycles. The molecule has 0 amide bonds. The first-order valence-corrected chi connectivity index (χ1v) is 5.32. The van der Waals surface area contributed by atoms with Gasteiger partial charge in [0.2, 0.25) is 0 Å². The molecule has 0 bridgehead atoms. The van der Waals surface area contributed by atoms with Crippen LogP contribution >= 0.6 is 0 Å². The van der Waals surface area contributed by atoms with Crippen LogP contribution in [0.5, 0.6) is 0 Å². The molecule has 0 atom stereocenters. The molecule has 2 aromatic rings. The van der Waals surface area contributed by atoms with E-state index >= 15 is 0 Å². The molecule has 0 fully saturated rings. The fourth-order valence-corrected chi connectivity index (χ4v) is 1.68. The first-order valence-electron chi connectivity index (χ1n) is 5.32. The van der Waals surface area contributed by atoms with Gasteiger partial charge in [0.05, 0.1) is 16.2 Å². The average molecular weight is 255 g/mol. The highest BCUT2D eigenvalue weighted by molar-refractivity contribution is 5.69. The fraction of sp³-hybridized carbons (Fsp3) is 0.0833. The van der Waals surface area contributed by atoms with E-state index in [9.17, 15) is 10.1 Å². The van der Waals surface area contributed by atoms with Crippen molar-refractivity contribution in [3.63, 3.8) is 0 Å². The molecule has 0 spiro atoms. The van der Waals surface area contributed by atoms with Crippen molar-refractivity contribution in [2.24, 2.45) is 0 Å². The molecule has 1 heterocycles. The average Bonchev–Trinajstić information content (AvgIpc) is 2.38. The first-order chi connectivity index (χ1) is 9.04. The summed E-state index contributed by atoms with van der Waals surface area (Å²) >= 11 is 0. The fourth-order valence-electron chi connectivity index (χ4n) is 1.68. The lowest BCUT2D eigenvalue weighted by molar-refractivity contribution is -0.384. The normalized spacial score (nSPS) is 9.89. The van der Waals surface area contributed by atoms with Crippen LogP contribution in [0, 0.1) is 28.4 Å². The third kappa shape index (κ3) is 2.19. The third-order valence-corrected chi connectivity index (χ3v) is 2.57. The number of hydrogen-bond acceptors (Lipinski definition) is 6. The van der Waals surface area contributed by atoms with Crippen LogP contribution in [0.2, 0.25) is 0 Å². The van der Waals surface area contributed by atoms with Gasteiger partial charge in [0.15, 0.2) is 5.82 Å². The SMILES string of the molecule is Cc1nc(-c2ccccc2[N+](=O)[O-])nc(N)c1C#N. The maximum Gasteiger partial charge on any atom is 0.280 e. The summed E-state index contributed by atoms with van der Waals surface area (Å²) in [5, 5.41) is 19.8. The number of nitriles is 1. The minimum Gasteiger partial charge on any atom is -0.382 e. The van der Waals surface area contributed by atoms with Crippen LogP contribution in [0.25, 0.3) is 11.4 Å². The summed E-state index contributed by atoms with van der Waals surface area (Å²) in [7, 11) is 0. The molecule has 0 aliphatic rings. The van der Waals surface area contributed by atoms with Crippen LogP contribution in [0.1, 0.15) is 11.3 Å². The van der Waals surface area contributed by atoms with Gasteiger partial charge in [0.1, 0.15) is 17.5 Å². The smallest absolute Gasteiger partial charge is 0.280 e. The minimum absolute atomic E-state index is 0.0168. The van der Waals surface area contributed by atoms with E-state index in [1.807, 2.05) is 6.07 Å². The van der Waals surface area contributed by atoms with Crippen LogP contribution in [0.15, 0.2) is 24.3 Å². The predicted octanol–water partition coefficient (Wildman–Crippen LogP) is 1.81. The Morgan fingerprint density at radius 1 is 1.37 bits per heavy atom. The lowest BCUT2D eigenvalue weighted by Crippen LogP contribution is -2.04. The van der Waals surface area contributed by atoms with Crippen LogP contribution in [0.4, 0.5) is 11.5 Å². The zero-order valence-electron chi connectivity index (χ0n) is 9.99. The summed E-state index contributed by atoms with van der Waals surface area (Å²) in [6, 6.07) is 8.00. The zero-order chi connectivity index (χ0) is 14.0. The van der Waals surface area contributed by atoms with E-state index in [0.717, 1.165) is 0 Å². The van der Waals surface area contributed by atoms with E-state index in [0.29, 0.717) is 5.69 Å². The monoisotopic (exact) mass is 255 g/mol. The zero-order valence-corrected chi connectivity index (χ0v) is 9.99. The Labute approximate surface area is 108 Å². The summed E-state index contributed by atoms with van der Waals surface area (Å²) < 4.78 is 0. The molecule has 0 radical (unpaired) electrons. The number of nitro groups is 1. The van der Waals surface area contributed by atoms with Crippen LogP contribution in [-0.2, 0) is 0 Å². The predicted molar refractivity (Wildman–Crippen MR) is 68.0 cm³/mol. The standard InChI is InChI=1S/C12H9N5O2/c1-7-9(6-13)11(14)16-12(15-7)8-4-2-3-5-10(8)17(18)19/h2-5H,1H3,(H2,14,15,16). The summed E-state index contributed by atoms with van der Waals surface area (Å²) in [6.07, 6.45) is 0. The molecule has 2 rings (SSSR count). The van der Waals surface area contributed by atoms with Crippen LogP contribution in [-0.4, -0.2) is 14.9 Å². The number of aromatic nitrogens is 2. The largest absolute Gasteiger partial charge is 0.382 e. The van der Waals surface area contributed by atoms with Crippen molar-refractivity contribution < 1.29 is 4.92 Å². The molecule has 0 aliphatic heterocycles. The molecule has 1 aromatic heterocycles. The molecular weight excluding hydrogens is 246 g/mol. The third-order valence-electron chi connectivity index (χ3n) is 2.57. The second kappa shape index (κ2) is 4.70. The molecule has 19 heavy (non-hydrogen) atoms. The quantitative estimate of drug-likeness (QED) is 0.645. The van der Waals surface area contributed by atoms with Gasteiger partial charge in [-0.1, -0.05) is 12.1 Å². The molecule has 0 aliphatic carbocycles. The first kappa shape index (κ1) is 12.4. The summed E-state index contributed by atoms with van der Waals surface area (Å²) in [6.45, 7) is 1.61. The lowest BCUT2D eigenvalue weighted by atomic mass is 10.1. The van der Waals surface area contributed by atoms with Gasteiger partial charge in [0, 0.05) is 6.07 Å². The molecular formula is C12H9N5O2. The number of nitrogen functional groups attached to an aromatic ring is 1. The van der Waals surface area contributed by atoms with E-state index in [1.54, 1.807) is 25.1 Å². The highest BCUT2D eigenvalue weighted by Gasteiger charge is 2.18. The number of aryl methyl sites for hydroxylation is 1. The van der Waals surface area contributed by atoms with Crippen molar-refractivity contribution in [3.8, 4) is 17.5 Å². The highest BCUT2D eigenvalue weighted by atomic mass is 16.6. The number of para-hydroxylation sites is 1. The van der Waals surface area contributed by atoms with E-state index in [1.165, 1.54) is 6.07 Å². The molecule has 0 saturated heterocycles. The van der Waals surface area contributed by atoms with Crippen molar-refractivity contribution in [1.29, 1.82) is 5.26 Å². The number of nitro benzene ring substituents is 1. The maximum atomic E-state index is 11.0. The molecule has 0 saturated carbocycles. The van der Waals surface area contributed by atoms with Crippen molar-refractivity contribution >= 4 is 11.5 Å². The number of nitrogens with zero attached hydrogens (tertiary/aromatic N) is 4. The molecule has 0 unspecified atom stereocenters. The second-order valence-electron chi connectivity index (χ2n) is 3.78. The summed E-state index contributed by atoms with van der Waals surface area (Å²) in [5.41, 5.74) is 6.39. The number of anilines is 1. The topological polar surface area (TPSA) is 119 Å². The highest BCUT2D eigenvalue weighted by Crippen LogP contribution is 2.28. The number of rotatable bonds is 2. The van der Waals surface area contributed by atoms with E-state index in [-0.39, 0.29) is 28.5 Å². The molecule has 7 nitrogen and oxygen atoms in total. The van der Waals surface area contributed by atoms with Crippen molar-refractivity contribution in [2.75, 3.05) is 5.73 Å². The van der Waals surface area contributed by atoms with Crippen LogP contribution < -0.4 is 5.73 Å². The van der Waals surface area contributed by atoms with Gasteiger partial charge in [-0.05, 0) is 13.0 Å². The Hall–Kier alpha value is -3.01. The van der Waals surface area contributed by atoms with Gasteiger partial charge in [-0.25, -0.2) is 9.97 Å². The van der Waals surface area contributed by atoms with E-state index in [4.69, 9.17) is 11.0 Å². The number of nitrogens with two attached hydrogens (primary N) is 1. The summed E-state index contributed by atoms with van der Waals surface area (Å²) in [4.78, 5) is 18.5. The Bertz CT molecular complexity index is 683. The Morgan fingerprint density at radius 2 is 2.05 bits per heavy atom. The van der Waals surface area contributed by atoms with Gasteiger partial charge < -0.3 is 5.73 Å². The van der Waals surface area contributed by atoms with E-state index in [2.05, 4.69) is 9.97 Å². The molecule has 94 valence electrons. The van der Waals surface area contributed by atoms with Crippen molar-refractivity contribution in [1.82, 2.24) is 9.97 Å². The van der Waals surface area contributed by atoms with Crippen molar-refractivity contribution in [3.05, 3.63) is 45.6 Å². The Kier molecular flexibility index (Phi) is 3.08. The van der Waals surface area contributed by atoms with Gasteiger partial charge in [-0.2, -0.15) is 5.26 Å². The maximum absolute atomic E-state index is 11.0. The molecule has 2 N–H and O–H groups in total. The minimum atomic E-state index is -0.511. The number of benzene rings is 1. The Morgan fingerprint density at radius 3 is 2.63 bits per heavy atom. The van der Waals surface area contributed by atoms with Gasteiger partial charge >= 0.3 is 0 Å². The number of hydrogen-bond donors (Lipinski definition) is 1. The van der Waals surface area contributed by atoms with Crippen LogP contribution in [0.3, 0.4) is 0 Å². The lowest BCUT2D eigenvalue weighted by Gasteiger charge is -2.05. The molecule has 7 heteroatoms. The second-order valence-corrected chi connectivity index (χ2v) is 3.78.